The molecule has 1 aliphatic heterocycles. The quantitative estimate of drug-likeness (QED) is 0.449. The van der Waals surface area contributed by atoms with Crippen molar-refractivity contribution in [2.45, 2.75) is 75.2 Å². The number of rotatable bonds is 5. The van der Waals surface area contributed by atoms with Gasteiger partial charge in [-0.2, -0.15) is 0 Å². The van der Waals surface area contributed by atoms with Crippen molar-refractivity contribution in [1.29, 1.82) is 0 Å². The van der Waals surface area contributed by atoms with E-state index in [1.165, 1.54) is 0 Å². The number of hydrogen-bond acceptors (Lipinski definition) is 7. The zero-order valence-electron chi connectivity index (χ0n) is 23.4. The molecule has 1 heterocycles. The molecular weight excluding hydrogens is 548 g/mol. The molecule has 0 saturated heterocycles. The highest BCUT2D eigenvalue weighted by molar-refractivity contribution is 7.91. The molecule has 12 heteroatoms. The zero-order valence-corrected chi connectivity index (χ0v) is 24.2. The Bertz CT molecular complexity index is 1360. The highest BCUT2D eigenvalue weighted by atomic mass is 32.2. The molecule has 3 fully saturated rings. The van der Waals surface area contributed by atoms with E-state index in [1.54, 1.807) is 24.1 Å². The van der Waals surface area contributed by atoms with Crippen molar-refractivity contribution in [3.8, 4) is 0 Å². The molecule has 4 amide bonds. The third-order valence-corrected chi connectivity index (χ3v) is 10.4. The van der Waals surface area contributed by atoms with E-state index in [9.17, 15) is 27.6 Å². The third kappa shape index (κ3) is 6.58. The lowest BCUT2D eigenvalue weighted by molar-refractivity contribution is -0.140. The number of carbonyl (C=O) groups is 4. The van der Waals surface area contributed by atoms with Gasteiger partial charge in [0.05, 0.1) is 17.1 Å². The zero-order chi connectivity index (χ0) is 29.4. The highest BCUT2D eigenvalue weighted by Gasteiger charge is 2.62. The Hall–Kier alpha value is -3.41. The minimum absolute atomic E-state index is 0.107. The monoisotopic (exact) mass is 586 g/mol. The van der Waals surface area contributed by atoms with Crippen LogP contribution in [-0.2, 0) is 29.1 Å². The van der Waals surface area contributed by atoms with Crippen LogP contribution in [0.15, 0.2) is 36.4 Å². The van der Waals surface area contributed by atoms with E-state index in [-0.39, 0.29) is 31.1 Å². The summed E-state index contributed by atoms with van der Waals surface area (Å²) in [4.78, 5) is 54.8. The maximum absolute atomic E-state index is 13.7. The smallest absolute Gasteiger partial charge is 0.411 e. The number of ether oxygens (including phenoxy) is 1. The van der Waals surface area contributed by atoms with Gasteiger partial charge in [-0.05, 0) is 76.0 Å². The van der Waals surface area contributed by atoms with Crippen molar-refractivity contribution >= 4 is 39.5 Å². The average molecular weight is 587 g/mol. The van der Waals surface area contributed by atoms with Crippen molar-refractivity contribution in [3.05, 3.63) is 42.0 Å². The predicted octanol–water partition coefficient (Wildman–Crippen LogP) is 2.62. The number of benzene rings is 1. The number of amides is 4. The number of hydrogen-bond donors (Lipinski definition) is 3. The molecule has 3 N–H and O–H groups in total. The second-order valence-corrected chi connectivity index (χ2v) is 13.8. The van der Waals surface area contributed by atoms with Gasteiger partial charge in [-0.15, -0.1) is 0 Å². The maximum Gasteiger partial charge on any atom is 0.411 e. The van der Waals surface area contributed by atoms with Crippen LogP contribution in [0.5, 0.6) is 0 Å². The summed E-state index contributed by atoms with van der Waals surface area (Å²) in [6, 6.07) is 7.25. The summed E-state index contributed by atoms with van der Waals surface area (Å²) >= 11 is 0. The largest absolute Gasteiger partial charge is 0.446 e. The topological polar surface area (TPSA) is 151 Å². The van der Waals surface area contributed by atoms with E-state index in [0.717, 1.165) is 24.8 Å². The first-order valence-electron chi connectivity index (χ1n) is 14.3. The fraction of sp³-hybridized carbons (Fsp3) is 0.586. The molecule has 5 rings (SSSR count). The number of anilines is 1. The first-order chi connectivity index (χ1) is 19.5. The van der Waals surface area contributed by atoms with E-state index in [2.05, 4.69) is 15.4 Å². The Morgan fingerprint density at radius 2 is 1.88 bits per heavy atom. The van der Waals surface area contributed by atoms with Gasteiger partial charge in [0.15, 0.2) is 0 Å². The summed E-state index contributed by atoms with van der Waals surface area (Å²) in [5.41, 5.74) is 0.136. The molecule has 41 heavy (non-hydrogen) atoms. The lowest BCUT2D eigenvalue weighted by Crippen LogP contribution is -2.54. The van der Waals surface area contributed by atoms with Gasteiger partial charge in [0.1, 0.15) is 11.6 Å². The van der Waals surface area contributed by atoms with E-state index in [1.807, 2.05) is 31.2 Å². The van der Waals surface area contributed by atoms with Crippen molar-refractivity contribution in [2.24, 2.45) is 17.8 Å². The average Bonchev–Trinajstić information content (AvgIpc) is 3.82. The van der Waals surface area contributed by atoms with Gasteiger partial charge in [-0.3, -0.25) is 24.4 Å². The molecule has 5 unspecified atom stereocenters. The van der Waals surface area contributed by atoms with Gasteiger partial charge < -0.3 is 15.0 Å². The normalized spacial score (nSPS) is 31.1. The van der Waals surface area contributed by atoms with Gasteiger partial charge in [-0.1, -0.05) is 24.3 Å². The number of carbonyl (C=O) groups excluding carboxylic acids is 4. The molecule has 4 aliphatic rings. The third-order valence-electron chi connectivity index (χ3n) is 8.53. The molecule has 5 atom stereocenters. The fourth-order valence-electron chi connectivity index (χ4n) is 5.91. The predicted molar refractivity (Wildman–Crippen MR) is 151 cm³/mol. The number of aryl methyl sites for hydroxylation is 1. The van der Waals surface area contributed by atoms with Crippen molar-refractivity contribution in [3.63, 3.8) is 0 Å². The van der Waals surface area contributed by atoms with Crippen molar-refractivity contribution in [1.82, 2.24) is 14.9 Å². The van der Waals surface area contributed by atoms with Crippen molar-refractivity contribution in [2.75, 3.05) is 18.9 Å². The number of fused-ring (bicyclic) bond motifs is 2. The van der Waals surface area contributed by atoms with Crippen LogP contribution in [-0.4, -0.2) is 67.6 Å². The standard InChI is InChI=1S/C29H38N4O7S/c1-18-8-7-10-20(14-18)30-28(37)40-21-15-23-24(16-21)26(35)33(2)13-6-4-3-5-9-19-17-29(19,31-25(23)34)27(36)32-41(38,39)22-11-12-22/h5,7-10,14,19,21-24H,3-4,6,11-13,15-17H2,1-2H3,(H,30,37)(H,31,34)(H,32,36)/b9-5-. The molecule has 3 aliphatic carbocycles. The second kappa shape index (κ2) is 11.5. The molecule has 0 spiro atoms. The van der Waals surface area contributed by atoms with Crippen LogP contribution in [0.2, 0.25) is 0 Å². The summed E-state index contributed by atoms with van der Waals surface area (Å²) in [6.45, 7) is 2.44. The van der Waals surface area contributed by atoms with E-state index in [0.29, 0.717) is 25.1 Å². The lowest BCUT2D eigenvalue weighted by Gasteiger charge is -2.26. The Kier molecular flexibility index (Phi) is 8.13. The van der Waals surface area contributed by atoms with Gasteiger partial charge in [0.25, 0.3) is 5.91 Å². The maximum atomic E-state index is 13.7. The van der Waals surface area contributed by atoms with Crippen LogP contribution in [0.3, 0.4) is 0 Å². The molecule has 3 saturated carbocycles. The summed E-state index contributed by atoms with van der Waals surface area (Å²) < 4.78 is 32.9. The van der Waals surface area contributed by atoms with Gasteiger partial charge in [-0.25, -0.2) is 13.2 Å². The summed E-state index contributed by atoms with van der Waals surface area (Å²) in [6.07, 6.45) is 6.34. The van der Waals surface area contributed by atoms with Crippen LogP contribution in [0.25, 0.3) is 0 Å². The van der Waals surface area contributed by atoms with Crippen LogP contribution < -0.4 is 15.4 Å². The Labute approximate surface area is 240 Å². The van der Waals surface area contributed by atoms with Gasteiger partial charge in [0.2, 0.25) is 21.8 Å². The SMILES string of the molecule is Cc1cccc(NC(=O)OC2CC3C(=O)NC4(C(=O)NS(=O)(=O)C5CC5)CC4/C=C\CCCCN(C)C(=O)C3C2)c1. The summed E-state index contributed by atoms with van der Waals surface area (Å²) in [7, 11) is -2.11. The molecule has 0 bridgehead atoms. The van der Waals surface area contributed by atoms with Crippen LogP contribution in [0.1, 0.15) is 56.9 Å². The van der Waals surface area contributed by atoms with Crippen molar-refractivity contribution < 1.29 is 32.3 Å². The molecule has 1 aromatic carbocycles. The van der Waals surface area contributed by atoms with Gasteiger partial charge >= 0.3 is 6.09 Å². The van der Waals surface area contributed by atoms with Crippen LogP contribution >= 0.6 is 0 Å². The molecular formula is C29H38N4O7S. The fourth-order valence-corrected chi connectivity index (χ4v) is 7.28. The number of nitrogens with one attached hydrogen (secondary N) is 3. The number of allylic oxidation sites excluding steroid dienone is 1. The minimum atomic E-state index is -3.81. The van der Waals surface area contributed by atoms with E-state index >= 15 is 0 Å². The number of nitrogens with zero attached hydrogens (tertiary/aromatic N) is 1. The Morgan fingerprint density at radius 1 is 1.12 bits per heavy atom. The van der Waals surface area contributed by atoms with Crippen LogP contribution in [0, 0.1) is 24.7 Å². The molecule has 11 nitrogen and oxygen atoms in total. The first kappa shape index (κ1) is 29.1. The van der Waals surface area contributed by atoms with E-state index in [4.69, 9.17) is 4.74 Å². The molecule has 0 aromatic heterocycles. The molecule has 1 aromatic rings. The second-order valence-electron chi connectivity index (χ2n) is 11.8. The van der Waals surface area contributed by atoms with E-state index < -0.39 is 56.7 Å². The Balaban J connectivity index is 1.34. The van der Waals surface area contributed by atoms with Crippen LogP contribution in [0.4, 0.5) is 10.5 Å². The highest BCUT2D eigenvalue weighted by Crippen LogP contribution is 2.47. The Morgan fingerprint density at radius 3 is 2.61 bits per heavy atom. The summed E-state index contributed by atoms with van der Waals surface area (Å²) in [5.74, 6) is -3.43. The molecule has 0 radical (unpaired) electrons. The first-order valence-corrected chi connectivity index (χ1v) is 15.9. The summed E-state index contributed by atoms with van der Waals surface area (Å²) in [5, 5.41) is 4.95. The molecule has 222 valence electrons. The van der Waals surface area contributed by atoms with Gasteiger partial charge in [0, 0.05) is 25.2 Å². The lowest BCUT2D eigenvalue weighted by atomic mass is 9.93. The number of sulfonamides is 1. The minimum Gasteiger partial charge on any atom is -0.446 e.